The van der Waals surface area contributed by atoms with Crippen LogP contribution < -0.4 is 15.4 Å². The van der Waals surface area contributed by atoms with E-state index in [4.69, 9.17) is 4.74 Å². The average molecular weight is 317 g/mol. The van der Waals surface area contributed by atoms with Crippen LogP contribution in [0.2, 0.25) is 0 Å². The molecule has 0 aliphatic rings. The second kappa shape index (κ2) is 7.16. The number of amides is 2. The van der Waals surface area contributed by atoms with Gasteiger partial charge in [-0.3, -0.25) is 10.1 Å². The minimum atomic E-state index is -0.549. The summed E-state index contributed by atoms with van der Waals surface area (Å²) in [6, 6.07) is 5.10. The van der Waals surface area contributed by atoms with Gasteiger partial charge in [0.2, 0.25) is 0 Å². The number of carbonyl (C=O) groups is 1. The monoisotopic (exact) mass is 317 g/mol. The topological polar surface area (TPSA) is 119 Å². The molecular formula is C14H15N5O4. The first-order valence-corrected chi connectivity index (χ1v) is 6.65. The quantitative estimate of drug-likeness (QED) is 0.643. The lowest BCUT2D eigenvalue weighted by molar-refractivity contribution is -0.384. The molecule has 120 valence electrons. The molecule has 0 saturated carbocycles. The highest BCUT2D eigenvalue weighted by atomic mass is 16.6. The minimum Gasteiger partial charge on any atom is -0.495 e. The van der Waals surface area contributed by atoms with Gasteiger partial charge >= 0.3 is 6.03 Å². The summed E-state index contributed by atoms with van der Waals surface area (Å²) in [5.74, 6) is 0.925. The van der Waals surface area contributed by atoms with E-state index in [1.54, 1.807) is 19.2 Å². The summed E-state index contributed by atoms with van der Waals surface area (Å²) in [5.41, 5.74) is 0.712. The molecule has 9 heteroatoms. The van der Waals surface area contributed by atoms with E-state index in [0.717, 1.165) is 0 Å². The summed E-state index contributed by atoms with van der Waals surface area (Å²) in [4.78, 5) is 30.3. The fourth-order valence-corrected chi connectivity index (χ4v) is 1.85. The van der Waals surface area contributed by atoms with Gasteiger partial charge in [0, 0.05) is 18.3 Å². The molecule has 0 aliphatic carbocycles. The van der Waals surface area contributed by atoms with Crippen LogP contribution in [0.3, 0.4) is 0 Å². The van der Waals surface area contributed by atoms with Crippen LogP contribution in [0, 0.1) is 17.0 Å². The molecule has 2 aromatic rings. The van der Waals surface area contributed by atoms with Gasteiger partial charge in [-0.25, -0.2) is 14.8 Å². The Morgan fingerprint density at radius 1 is 1.39 bits per heavy atom. The lowest BCUT2D eigenvalue weighted by atomic mass is 10.2. The molecule has 0 saturated heterocycles. The number of anilines is 1. The number of hydrogen-bond donors (Lipinski definition) is 2. The summed E-state index contributed by atoms with van der Waals surface area (Å²) < 4.78 is 5.07. The molecule has 1 heterocycles. The summed E-state index contributed by atoms with van der Waals surface area (Å²) in [7, 11) is 1.41. The average Bonchev–Trinajstić information content (AvgIpc) is 2.53. The summed E-state index contributed by atoms with van der Waals surface area (Å²) in [6.45, 7) is 1.95. The number of hydrogen-bond acceptors (Lipinski definition) is 6. The molecule has 9 nitrogen and oxygen atoms in total. The third-order valence-corrected chi connectivity index (χ3v) is 2.91. The molecule has 0 bridgehead atoms. The highest BCUT2D eigenvalue weighted by molar-refractivity contribution is 5.91. The second-order valence-electron chi connectivity index (χ2n) is 4.54. The van der Waals surface area contributed by atoms with Gasteiger partial charge in [0.15, 0.2) is 0 Å². The van der Waals surface area contributed by atoms with Crippen LogP contribution >= 0.6 is 0 Å². The van der Waals surface area contributed by atoms with Gasteiger partial charge in [-0.1, -0.05) is 0 Å². The zero-order chi connectivity index (χ0) is 16.8. The molecule has 0 atom stereocenters. The number of nitro groups is 1. The van der Waals surface area contributed by atoms with Crippen molar-refractivity contribution >= 4 is 17.4 Å². The number of urea groups is 1. The Bertz CT molecular complexity index is 735. The van der Waals surface area contributed by atoms with Gasteiger partial charge in [-0.2, -0.15) is 0 Å². The minimum absolute atomic E-state index is 0.146. The van der Waals surface area contributed by atoms with Gasteiger partial charge in [0.05, 0.1) is 30.0 Å². The van der Waals surface area contributed by atoms with Gasteiger partial charge in [0.25, 0.3) is 5.69 Å². The molecule has 1 aromatic heterocycles. The number of carbonyl (C=O) groups excluding carboxylic acids is 1. The van der Waals surface area contributed by atoms with Gasteiger partial charge in [-0.15, -0.1) is 0 Å². The maximum absolute atomic E-state index is 11.9. The molecule has 0 radical (unpaired) electrons. The Labute approximate surface area is 131 Å². The van der Waals surface area contributed by atoms with Crippen molar-refractivity contribution in [1.29, 1.82) is 0 Å². The van der Waals surface area contributed by atoms with Crippen molar-refractivity contribution in [3.05, 3.63) is 52.1 Å². The van der Waals surface area contributed by atoms with Crippen molar-refractivity contribution in [1.82, 2.24) is 15.3 Å². The van der Waals surface area contributed by atoms with E-state index >= 15 is 0 Å². The predicted molar refractivity (Wildman–Crippen MR) is 82.3 cm³/mol. The Morgan fingerprint density at radius 2 is 2.17 bits per heavy atom. The van der Waals surface area contributed by atoms with Crippen LogP contribution in [0.5, 0.6) is 5.75 Å². The largest absolute Gasteiger partial charge is 0.495 e. The summed E-state index contributed by atoms with van der Waals surface area (Å²) in [6.07, 6.45) is 1.60. The number of aryl methyl sites for hydroxylation is 1. The van der Waals surface area contributed by atoms with Crippen molar-refractivity contribution in [3.8, 4) is 5.75 Å². The van der Waals surface area contributed by atoms with Crippen LogP contribution in [-0.4, -0.2) is 28.0 Å². The normalized spacial score (nSPS) is 10.0. The van der Waals surface area contributed by atoms with Crippen molar-refractivity contribution < 1.29 is 14.5 Å². The maximum atomic E-state index is 11.9. The first kappa shape index (κ1) is 16.1. The molecule has 2 amide bonds. The number of nitrogens with one attached hydrogen (secondary N) is 2. The fourth-order valence-electron chi connectivity index (χ4n) is 1.85. The Kier molecular flexibility index (Phi) is 5.03. The van der Waals surface area contributed by atoms with E-state index < -0.39 is 11.0 Å². The van der Waals surface area contributed by atoms with E-state index in [1.165, 1.54) is 25.3 Å². The number of ether oxygens (including phenoxy) is 1. The zero-order valence-electron chi connectivity index (χ0n) is 12.6. The third-order valence-electron chi connectivity index (χ3n) is 2.91. The SMILES string of the molecule is COc1ccc([N+](=O)[O-])cc1NC(=O)NCc1ccnc(C)n1. The Balaban J connectivity index is 2.04. The van der Waals surface area contributed by atoms with Crippen molar-refractivity contribution in [3.63, 3.8) is 0 Å². The standard InChI is InChI=1S/C14H15N5O4/c1-9-15-6-5-10(17-9)8-16-14(20)18-12-7-11(19(21)22)3-4-13(12)23-2/h3-7H,8H2,1-2H3,(H2,16,18,20). The molecule has 23 heavy (non-hydrogen) atoms. The smallest absolute Gasteiger partial charge is 0.319 e. The van der Waals surface area contributed by atoms with Crippen LogP contribution in [0.25, 0.3) is 0 Å². The third kappa shape index (κ3) is 4.37. The number of aromatic nitrogens is 2. The molecular weight excluding hydrogens is 302 g/mol. The molecule has 1 aromatic carbocycles. The molecule has 0 fully saturated rings. The zero-order valence-corrected chi connectivity index (χ0v) is 12.6. The number of non-ortho nitro benzene ring substituents is 1. The van der Waals surface area contributed by atoms with Crippen LogP contribution in [0.1, 0.15) is 11.5 Å². The van der Waals surface area contributed by atoms with Crippen molar-refractivity contribution in [2.75, 3.05) is 12.4 Å². The van der Waals surface area contributed by atoms with Gasteiger partial charge < -0.3 is 15.4 Å². The number of benzene rings is 1. The maximum Gasteiger partial charge on any atom is 0.319 e. The van der Waals surface area contributed by atoms with Crippen molar-refractivity contribution in [2.45, 2.75) is 13.5 Å². The second-order valence-corrected chi connectivity index (χ2v) is 4.54. The molecule has 0 unspecified atom stereocenters. The molecule has 0 aliphatic heterocycles. The summed E-state index contributed by atoms with van der Waals surface area (Å²) in [5, 5.41) is 15.9. The number of nitrogens with zero attached hydrogens (tertiary/aromatic N) is 3. The Morgan fingerprint density at radius 3 is 2.83 bits per heavy atom. The predicted octanol–water partition coefficient (Wildman–Crippen LogP) is 2.02. The molecule has 2 N–H and O–H groups in total. The van der Waals surface area contributed by atoms with E-state index in [0.29, 0.717) is 17.3 Å². The van der Waals surface area contributed by atoms with Crippen molar-refractivity contribution in [2.24, 2.45) is 0 Å². The van der Waals surface area contributed by atoms with Crippen LogP contribution in [0.4, 0.5) is 16.2 Å². The van der Waals surface area contributed by atoms with Gasteiger partial charge in [0.1, 0.15) is 11.6 Å². The Hall–Kier alpha value is -3.23. The van der Waals surface area contributed by atoms with Crippen LogP contribution in [0.15, 0.2) is 30.5 Å². The lowest BCUT2D eigenvalue weighted by Gasteiger charge is -2.11. The fraction of sp³-hybridized carbons (Fsp3) is 0.214. The highest BCUT2D eigenvalue weighted by Crippen LogP contribution is 2.28. The first-order chi connectivity index (χ1) is 11.0. The van der Waals surface area contributed by atoms with E-state index in [1.807, 2.05) is 0 Å². The van der Waals surface area contributed by atoms with E-state index in [-0.39, 0.29) is 17.9 Å². The van der Waals surface area contributed by atoms with Gasteiger partial charge in [-0.05, 0) is 19.1 Å². The summed E-state index contributed by atoms with van der Waals surface area (Å²) >= 11 is 0. The first-order valence-electron chi connectivity index (χ1n) is 6.65. The molecule has 2 rings (SSSR count). The number of methoxy groups -OCH3 is 1. The van der Waals surface area contributed by atoms with E-state index in [9.17, 15) is 14.9 Å². The molecule has 0 spiro atoms. The lowest BCUT2D eigenvalue weighted by Crippen LogP contribution is -2.28. The van der Waals surface area contributed by atoms with E-state index in [2.05, 4.69) is 20.6 Å². The highest BCUT2D eigenvalue weighted by Gasteiger charge is 2.13. The number of rotatable bonds is 5. The van der Waals surface area contributed by atoms with Crippen LogP contribution in [-0.2, 0) is 6.54 Å². The number of nitro benzene ring substituents is 1.